The first-order valence-corrected chi connectivity index (χ1v) is 12.0. The van der Waals surface area contributed by atoms with Crippen LogP contribution in [-0.4, -0.2) is 65.8 Å². The van der Waals surface area contributed by atoms with E-state index in [0.29, 0.717) is 30.1 Å². The molecule has 0 bridgehead atoms. The van der Waals surface area contributed by atoms with Crippen LogP contribution in [0.2, 0.25) is 0 Å². The van der Waals surface area contributed by atoms with Gasteiger partial charge < -0.3 is 15.5 Å². The van der Waals surface area contributed by atoms with Gasteiger partial charge in [-0.2, -0.15) is 18.4 Å². The molecule has 35 heavy (non-hydrogen) atoms. The summed E-state index contributed by atoms with van der Waals surface area (Å²) in [5.74, 6) is -0.658. The Hall–Kier alpha value is -2.84. The quantitative estimate of drug-likeness (QED) is 0.516. The molecule has 11 heteroatoms. The third-order valence-electron chi connectivity index (χ3n) is 7.10. The van der Waals surface area contributed by atoms with Gasteiger partial charge >= 0.3 is 6.18 Å². The van der Waals surface area contributed by atoms with Crippen molar-refractivity contribution in [3.05, 3.63) is 29.3 Å². The third kappa shape index (κ3) is 5.54. The van der Waals surface area contributed by atoms with Crippen molar-refractivity contribution in [1.29, 1.82) is 5.26 Å². The number of fused-ring (bicyclic) bond motifs is 1. The molecule has 1 aromatic rings. The predicted molar refractivity (Wildman–Crippen MR) is 123 cm³/mol. The van der Waals surface area contributed by atoms with E-state index in [2.05, 4.69) is 27.1 Å². The van der Waals surface area contributed by atoms with Crippen LogP contribution in [-0.2, 0) is 4.79 Å². The monoisotopic (exact) mass is 492 g/mol. The lowest BCUT2D eigenvalue weighted by Crippen LogP contribution is -2.52. The molecule has 4 atom stereocenters. The first kappa shape index (κ1) is 25.3. The second-order valence-corrected chi connectivity index (χ2v) is 9.56. The number of hydrogen-bond acceptors (Lipinski definition) is 6. The number of anilines is 1. The molecule has 3 fully saturated rings. The second-order valence-electron chi connectivity index (χ2n) is 9.56. The van der Waals surface area contributed by atoms with E-state index in [0.717, 1.165) is 24.2 Å². The Morgan fingerprint density at radius 3 is 2.69 bits per heavy atom. The van der Waals surface area contributed by atoms with Crippen LogP contribution >= 0.6 is 0 Å². The minimum Gasteiger partial charge on any atom is -0.368 e. The number of carbonyl (C=O) groups is 2. The smallest absolute Gasteiger partial charge is 0.368 e. The van der Waals surface area contributed by atoms with Crippen molar-refractivity contribution in [2.75, 3.05) is 25.0 Å². The summed E-state index contributed by atoms with van der Waals surface area (Å²) in [4.78, 5) is 26.3. The van der Waals surface area contributed by atoms with E-state index in [1.807, 2.05) is 0 Å². The molecule has 2 amide bonds. The van der Waals surface area contributed by atoms with Gasteiger partial charge in [-0.05, 0) is 62.8 Å². The number of nitrogens with zero attached hydrogens (tertiary/aromatic N) is 3. The van der Waals surface area contributed by atoms with E-state index in [-0.39, 0.29) is 36.0 Å². The van der Waals surface area contributed by atoms with Crippen molar-refractivity contribution in [3.8, 4) is 6.07 Å². The first-order chi connectivity index (χ1) is 16.6. The van der Waals surface area contributed by atoms with Crippen LogP contribution in [0, 0.1) is 30.1 Å². The fourth-order valence-electron chi connectivity index (χ4n) is 5.26. The van der Waals surface area contributed by atoms with E-state index in [4.69, 9.17) is 0 Å². The highest BCUT2D eigenvalue weighted by molar-refractivity contribution is 5.96. The molecule has 3 N–H and O–H groups in total. The molecule has 2 aliphatic heterocycles. The van der Waals surface area contributed by atoms with Gasteiger partial charge in [0.15, 0.2) is 0 Å². The third-order valence-corrected chi connectivity index (χ3v) is 7.10. The average molecular weight is 493 g/mol. The summed E-state index contributed by atoms with van der Waals surface area (Å²) in [5.41, 5.74) is 4.84. The SMILES string of the molecule is CCN(CC(F)(F)F)C(=O)c1ccc(NC2NN([C@@H](CC#N)C3CC3)C3CCNC(=O)C23)cc1C. The maximum absolute atomic E-state index is 12.9. The summed E-state index contributed by atoms with van der Waals surface area (Å²) in [7, 11) is 0. The van der Waals surface area contributed by atoms with Crippen molar-refractivity contribution in [3.63, 3.8) is 0 Å². The normalized spacial score (nSPS) is 25.4. The number of carbonyl (C=O) groups excluding carboxylic acids is 2. The van der Waals surface area contributed by atoms with Crippen LogP contribution < -0.4 is 16.1 Å². The average Bonchev–Trinajstić information content (AvgIpc) is 3.57. The van der Waals surface area contributed by atoms with Crippen LogP contribution in [0.25, 0.3) is 0 Å². The fraction of sp³-hybridized carbons (Fsp3) is 0.625. The molecule has 1 saturated carbocycles. The molecule has 4 rings (SSSR count). The Bertz CT molecular complexity index is 1010. The number of hydrogen-bond donors (Lipinski definition) is 3. The van der Waals surface area contributed by atoms with E-state index >= 15 is 0 Å². The van der Waals surface area contributed by atoms with Gasteiger partial charge in [0.05, 0.1) is 18.4 Å². The van der Waals surface area contributed by atoms with E-state index in [9.17, 15) is 28.0 Å². The van der Waals surface area contributed by atoms with Crippen molar-refractivity contribution in [2.45, 2.75) is 64.0 Å². The fourth-order valence-corrected chi connectivity index (χ4v) is 5.26. The van der Waals surface area contributed by atoms with Gasteiger partial charge in [-0.3, -0.25) is 9.59 Å². The Labute approximate surface area is 202 Å². The highest BCUT2D eigenvalue weighted by Gasteiger charge is 2.51. The topological polar surface area (TPSA) is 100 Å². The van der Waals surface area contributed by atoms with Gasteiger partial charge in [-0.1, -0.05) is 0 Å². The van der Waals surface area contributed by atoms with Gasteiger partial charge in [-0.15, -0.1) is 0 Å². The Balaban J connectivity index is 1.52. The highest BCUT2D eigenvalue weighted by Crippen LogP contribution is 2.41. The molecule has 0 radical (unpaired) electrons. The molecular weight excluding hydrogens is 461 g/mol. The number of aryl methyl sites for hydroxylation is 1. The van der Waals surface area contributed by atoms with Crippen LogP contribution in [0.1, 0.15) is 48.5 Å². The Morgan fingerprint density at radius 2 is 2.09 bits per heavy atom. The molecule has 190 valence electrons. The van der Waals surface area contributed by atoms with Crippen LogP contribution in [0.3, 0.4) is 0 Å². The van der Waals surface area contributed by atoms with Gasteiger partial charge in [0.1, 0.15) is 12.7 Å². The lowest BCUT2D eigenvalue weighted by Gasteiger charge is -2.34. The molecule has 1 aromatic carbocycles. The molecule has 0 aromatic heterocycles. The predicted octanol–water partition coefficient (Wildman–Crippen LogP) is 2.77. The number of nitrogens with one attached hydrogen (secondary N) is 3. The Kier molecular flexibility index (Phi) is 7.24. The molecule has 2 heterocycles. The number of nitriles is 1. The zero-order valence-corrected chi connectivity index (χ0v) is 19.9. The largest absolute Gasteiger partial charge is 0.406 e. The number of alkyl halides is 3. The minimum atomic E-state index is -4.47. The van der Waals surface area contributed by atoms with E-state index in [1.54, 1.807) is 19.1 Å². The standard InChI is InChI=1S/C24H31F3N6O2/c1-3-32(13-24(25,26)27)23(35)17-7-6-16(12-14(17)2)30-21-20-19(9-11-29-22(20)34)33(31-21)18(8-10-28)15-4-5-15/h6-7,12,15,18-21,30-31H,3-5,8-9,11,13H2,1-2H3,(H,29,34)/t18-,19?,20?,21?/m0/s1. The number of hydrazine groups is 1. The minimum absolute atomic E-state index is 0.0392. The zero-order valence-electron chi connectivity index (χ0n) is 19.9. The van der Waals surface area contributed by atoms with Crippen molar-refractivity contribution in [2.24, 2.45) is 11.8 Å². The number of piperidine rings is 1. The summed E-state index contributed by atoms with van der Waals surface area (Å²) in [5, 5.41) is 17.7. The van der Waals surface area contributed by atoms with Gasteiger partial charge in [0.2, 0.25) is 5.91 Å². The molecule has 3 aliphatic rings. The van der Waals surface area contributed by atoms with Gasteiger partial charge in [0.25, 0.3) is 5.91 Å². The lowest BCUT2D eigenvalue weighted by molar-refractivity contribution is -0.140. The maximum atomic E-state index is 12.9. The summed E-state index contributed by atoms with van der Waals surface area (Å²) >= 11 is 0. The highest BCUT2D eigenvalue weighted by atomic mass is 19.4. The van der Waals surface area contributed by atoms with E-state index in [1.165, 1.54) is 13.0 Å². The Morgan fingerprint density at radius 1 is 1.34 bits per heavy atom. The van der Waals surface area contributed by atoms with Crippen molar-refractivity contribution < 1.29 is 22.8 Å². The summed E-state index contributed by atoms with van der Waals surface area (Å²) in [6, 6.07) is 7.16. The molecule has 3 unspecified atom stereocenters. The molecular formula is C24H31F3N6O2. The second kappa shape index (κ2) is 10.0. The number of benzene rings is 1. The van der Waals surface area contributed by atoms with E-state index < -0.39 is 24.8 Å². The van der Waals surface area contributed by atoms with Crippen molar-refractivity contribution in [1.82, 2.24) is 20.7 Å². The molecule has 2 saturated heterocycles. The number of rotatable bonds is 8. The zero-order chi connectivity index (χ0) is 25.3. The van der Waals surface area contributed by atoms with Crippen molar-refractivity contribution >= 4 is 17.5 Å². The lowest BCUT2D eigenvalue weighted by atomic mass is 9.90. The molecule has 1 aliphatic carbocycles. The first-order valence-electron chi connectivity index (χ1n) is 12.0. The summed E-state index contributed by atoms with van der Waals surface area (Å²) in [6.07, 6.45) is -1.58. The summed E-state index contributed by atoms with van der Waals surface area (Å²) < 4.78 is 38.6. The van der Waals surface area contributed by atoms with Gasteiger partial charge in [0, 0.05) is 36.4 Å². The van der Waals surface area contributed by atoms with Gasteiger partial charge in [-0.25, -0.2) is 10.4 Å². The maximum Gasteiger partial charge on any atom is 0.406 e. The van der Waals surface area contributed by atoms with Crippen LogP contribution in [0.4, 0.5) is 18.9 Å². The number of halogens is 3. The summed E-state index contributed by atoms with van der Waals surface area (Å²) in [6.45, 7) is 2.42. The van der Waals surface area contributed by atoms with Crippen LogP contribution in [0.15, 0.2) is 18.2 Å². The molecule has 8 nitrogen and oxygen atoms in total. The van der Waals surface area contributed by atoms with Crippen LogP contribution in [0.5, 0.6) is 0 Å². The number of amides is 2. The molecule has 0 spiro atoms.